The van der Waals surface area contributed by atoms with Crippen molar-refractivity contribution in [1.29, 1.82) is 0 Å². The van der Waals surface area contributed by atoms with Crippen LogP contribution >= 0.6 is 0 Å². The van der Waals surface area contributed by atoms with Crippen molar-refractivity contribution in [2.24, 2.45) is 0 Å². The van der Waals surface area contributed by atoms with E-state index in [0.717, 1.165) is 46.6 Å². The van der Waals surface area contributed by atoms with Gasteiger partial charge in [0.05, 0.1) is 26.8 Å². The van der Waals surface area contributed by atoms with E-state index in [2.05, 4.69) is 14.5 Å². The third kappa shape index (κ3) is 4.71. The summed E-state index contributed by atoms with van der Waals surface area (Å²) in [7, 11) is 4.92. The van der Waals surface area contributed by atoms with Crippen LogP contribution in [0, 0.1) is 0 Å². The topological polar surface area (TPSA) is 78.7 Å². The SMILES string of the molecule is COc1cc(Cn2ccnc2C2CCN(C(=O)c3cc(OC)c4ccccc4n3)CC2)cc(OC)c1. The van der Waals surface area contributed by atoms with Gasteiger partial charge in [0.15, 0.2) is 0 Å². The van der Waals surface area contributed by atoms with Gasteiger partial charge in [-0.25, -0.2) is 9.97 Å². The van der Waals surface area contributed by atoms with Crippen molar-refractivity contribution in [2.75, 3.05) is 34.4 Å². The number of aromatic nitrogens is 3. The minimum atomic E-state index is -0.0654. The first-order chi connectivity index (χ1) is 17.6. The first-order valence-corrected chi connectivity index (χ1v) is 12.1. The summed E-state index contributed by atoms with van der Waals surface area (Å²) in [4.78, 5) is 24.5. The van der Waals surface area contributed by atoms with Crippen LogP contribution in [0.15, 0.2) is 60.9 Å². The lowest BCUT2D eigenvalue weighted by Crippen LogP contribution is -2.38. The van der Waals surface area contributed by atoms with Crippen LogP contribution in [0.3, 0.4) is 0 Å². The molecule has 5 rings (SSSR count). The highest BCUT2D eigenvalue weighted by atomic mass is 16.5. The molecule has 8 heteroatoms. The molecule has 186 valence electrons. The van der Waals surface area contributed by atoms with Gasteiger partial charge < -0.3 is 23.7 Å². The largest absolute Gasteiger partial charge is 0.497 e. The average Bonchev–Trinajstić information content (AvgIpc) is 3.39. The molecule has 0 spiro atoms. The Morgan fingerprint density at radius 3 is 2.39 bits per heavy atom. The van der Waals surface area contributed by atoms with Crippen LogP contribution < -0.4 is 14.2 Å². The van der Waals surface area contributed by atoms with Gasteiger partial charge in [0.1, 0.15) is 28.8 Å². The third-order valence-electron chi connectivity index (χ3n) is 6.78. The number of likely N-dealkylation sites (tertiary alicyclic amines) is 1. The van der Waals surface area contributed by atoms with Crippen LogP contribution in [0.4, 0.5) is 0 Å². The number of piperidine rings is 1. The predicted octanol–water partition coefficient (Wildman–Crippen LogP) is 4.53. The Bertz CT molecular complexity index is 1350. The fourth-order valence-electron chi connectivity index (χ4n) is 4.89. The lowest BCUT2D eigenvalue weighted by molar-refractivity contribution is 0.0704. The average molecular weight is 487 g/mol. The number of nitrogens with zero attached hydrogens (tertiary/aromatic N) is 4. The molecule has 4 aromatic rings. The van der Waals surface area contributed by atoms with E-state index in [4.69, 9.17) is 14.2 Å². The van der Waals surface area contributed by atoms with Crippen molar-refractivity contribution >= 4 is 16.8 Å². The highest BCUT2D eigenvalue weighted by Gasteiger charge is 2.28. The lowest BCUT2D eigenvalue weighted by atomic mass is 9.95. The normalized spacial score (nSPS) is 14.1. The first kappa shape index (κ1) is 23.7. The number of amides is 1. The van der Waals surface area contributed by atoms with Crippen LogP contribution in [-0.4, -0.2) is 59.8 Å². The van der Waals surface area contributed by atoms with Gasteiger partial charge in [0, 0.05) is 55.5 Å². The molecule has 0 atom stereocenters. The molecule has 0 radical (unpaired) electrons. The number of carbonyl (C=O) groups excluding carboxylic acids is 1. The van der Waals surface area contributed by atoms with Gasteiger partial charge in [0.25, 0.3) is 5.91 Å². The molecule has 2 aromatic heterocycles. The molecular formula is C28H30N4O4. The minimum Gasteiger partial charge on any atom is -0.497 e. The molecule has 2 aromatic carbocycles. The van der Waals surface area contributed by atoms with E-state index in [9.17, 15) is 4.79 Å². The van der Waals surface area contributed by atoms with E-state index >= 15 is 0 Å². The zero-order valence-electron chi connectivity index (χ0n) is 20.8. The highest BCUT2D eigenvalue weighted by Crippen LogP contribution is 2.30. The van der Waals surface area contributed by atoms with E-state index in [0.29, 0.717) is 31.1 Å². The van der Waals surface area contributed by atoms with Crippen LogP contribution in [-0.2, 0) is 6.54 Å². The summed E-state index contributed by atoms with van der Waals surface area (Å²) in [5.74, 6) is 3.43. The van der Waals surface area contributed by atoms with E-state index in [-0.39, 0.29) is 11.8 Å². The molecule has 3 heterocycles. The van der Waals surface area contributed by atoms with Gasteiger partial charge in [0.2, 0.25) is 0 Å². The maximum absolute atomic E-state index is 13.3. The highest BCUT2D eigenvalue weighted by molar-refractivity contribution is 5.97. The Hall–Kier alpha value is -4.07. The maximum Gasteiger partial charge on any atom is 0.272 e. The van der Waals surface area contributed by atoms with Crippen LogP contribution in [0.5, 0.6) is 17.2 Å². The van der Waals surface area contributed by atoms with Gasteiger partial charge in [-0.05, 0) is 42.7 Å². The number of fused-ring (bicyclic) bond motifs is 1. The second kappa shape index (κ2) is 10.3. The first-order valence-electron chi connectivity index (χ1n) is 12.1. The molecule has 0 aliphatic carbocycles. The van der Waals surface area contributed by atoms with Gasteiger partial charge in [-0.2, -0.15) is 0 Å². The molecule has 0 N–H and O–H groups in total. The molecule has 1 saturated heterocycles. The van der Waals surface area contributed by atoms with Crippen LogP contribution in [0.25, 0.3) is 10.9 Å². The molecule has 0 bridgehead atoms. The number of para-hydroxylation sites is 1. The van der Waals surface area contributed by atoms with Crippen molar-refractivity contribution in [3.8, 4) is 17.2 Å². The standard InChI is InChI=1S/C28H30N4O4/c1-34-21-14-19(15-22(16-21)35-2)18-32-13-10-29-27(32)20-8-11-31(12-9-20)28(33)25-17-26(36-3)23-6-4-5-7-24(23)30-25/h4-7,10,13-17,20H,8-9,11-12,18H2,1-3H3. The number of ether oxygens (including phenoxy) is 3. The summed E-state index contributed by atoms with van der Waals surface area (Å²) < 4.78 is 18.5. The summed E-state index contributed by atoms with van der Waals surface area (Å²) in [5.41, 5.74) is 2.25. The molecule has 1 fully saturated rings. The second-order valence-electron chi connectivity index (χ2n) is 8.93. The van der Waals surface area contributed by atoms with E-state index < -0.39 is 0 Å². The van der Waals surface area contributed by atoms with Gasteiger partial charge in [-0.3, -0.25) is 4.79 Å². The summed E-state index contributed by atoms with van der Waals surface area (Å²) >= 11 is 0. The molecule has 8 nitrogen and oxygen atoms in total. The van der Waals surface area contributed by atoms with E-state index in [1.807, 2.05) is 59.8 Å². The Morgan fingerprint density at radius 1 is 0.972 bits per heavy atom. The van der Waals surface area contributed by atoms with Crippen LogP contribution in [0.1, 0.15) is 40.6 Å². The van der Waals surface area contributed by atoms with E-state index in [1.165, 1.54) is 0 Å². The number of hydrogen-bond donors (Lipinski definition) is 0. The number of benzene rings is 2. The van der Waals surface area contributed by atoms with Crippen molar-refractivity contribution in [1.82, 2.24) is 19.4 Å². The van der Waals surface area contributed by atoms with Crippen molar-refractivity contribution in [2.45, 2.75) is 25.3 Å². The fourth-order valence-corrected chi connectivity index (χ4v) is 4.89. The number of imidazole rings is 1. The summed E-state index contributed by atoms with van der Waals surface area (Å²) in [6, 6.07) is 15.3. The van der Waals surface area contributed by atoms with E-state index in [1.54, 1.807) is 27.4 Å². The Morgan fingerprint density at radius 2 is 1.69 bits per heavy atom. The van der Waals surface area contributed by atoms with Crippen molar-refractivity contribution < 1.29 is 19.0 Å². The number of pyridine rings is 1. The number of carbonyl (C=O) groups is 1. The van der Waals surface area contributed by atoms with Gasteiger partial charge in [-0.1, -0.05) is 12.1 Å². The summed E-state index contributed by atoms with van der Waals surface area (Å²) in [6.07, 6.45) is 5.53. The maximum atomic E-state index is 13.3. The van der Waals surface area contributed by atoms with Crippen molar-refractivity contribution in [3.05, 3.63) is 78.0 Å². The van der Waals surface area contributed by atoms with Gasteiger partial charge in [-0.15, -0.1) is 0 Å². The predicted molar refractivity (Wildman–Crippen MR) is 137 cm³/mol. The second-order valence-corrected chi connectivity index (χ2v) is 8.93. The minimum absolute atomic E-state index is 0.0654. The molecule has 0 saturated carbocycles. The van der Waals surface area contributed by atoms with Gasteiger partial charge >= 0.3 is 0 Å². The Balaban J connectivity index is 1.29. The molecule has 1 aliphatic heterocycles. The third-order valence-corrected chi connectivity index (χ3v) is 6.78. The Labute approximate surface area is 210 Å². The zero-order chi connectivity index (χ0) is 25.1. The smallest absolute Gasteiger partial charge is 0.272 e. The van der Waals surface area contributed by atoms with Crippen LogP contribution in [0.2, 0.25) is 0 Å². The number of hydrogen-bond acceptors (Lipinski definition) is 6. The Kier molecular flexibility index (Phi) is 6.75. The molecular weight excluding hydrogens is 456 g/mol. The quantitative estimate of drug-likeness (QED) is 0.382. The number of rotatable bonds is 7. The summed E-state index contributed by atoms with van der Waals surface area (Å²) in [5, 5.41) is 0.899. The van der Waals surface area contributed by atoms with Crippen molar-refractivity contribution in [3.63, 3.8) is 0 Å². The molecule has 0 unspecified atom stereocenters. The fraction of sp³-hybridized carbons (Fsp3) is 0.321. The molecule has 36 heavy (non-hydrogen) atoms. The summed E-state index contributed by atoms with van der Waals surface area (Å²) in [6.45, 7) is 1.98. The monoisotopic (exact) mass is 486 g/mol. The molecule has 1 amide bonds. The molecule has 1 aliphatic rings. The number of methoxy groups -OCH3 is 3. The lowest BCUT2D eigenvalue weighted by Gasteiger charge is -2.32. The zero-order valence-corrected chi connectivity index (χ0v) is 20.8.